The first kappa shape index (κ1) is 11.4. The number of ether oxygens (including phenoxy) is 2. The fourth-order valence-corrected chi connectivity index (χ4v) is 0.939. The van der Waals surface area contributed by atoms with Crippen molar-refractivity contribution in [2.75, 3.05) is 13.7 Å². The molecule has 0 rings (SSSR count). The van der Waals surface area contributed by atoms with Crippen LogP contribution in [0.2, 0.25) is 0 Å². The van der Waals surface area contributed by atoms with Gasteiger partial charge in [0.25, 0.3) is 0 Å². The van der Waals surface area contributed by atoms with Crippen molar-refractivity contribution in [3.63, 3.8) is 0 Å². The highest BCUT2D eigenvalue weighted by molar-refractivity contribution is 5.69. The van der Waals surface area contributed by atoms with Gasteiger partial charge in [0, 0.05) is 13.7 Å². The molecular formula is C9H18O3. The quantitative estimate of drug-likeness (QED) is 0.594. The van der Waals surface area contributed by atoms with Crippen LogP contribution in [0.1, 0.15) is 27.2 Å². The summed E-state index contributed by atoms with van der Waals surface area (Å²) < 4.78 is 9.87. The van der Waals surface area contributed by atoms with Crippen LogP contribution < -0.4 is 0 Å². The van der Waals surface area contributed by atoms with E-state index >= 15 is 0 Å². The van der Waals surface area contributed by atoms with Gasteiger partial charge in [-0.1, -0.05) is 6.92 Å². The predicted molar refractivity (Wildman–Crippen MR) is 46.9 cm³/mol. The van der Waals surface area contributed by atoms with Gasteiger partial charge in [0.15, 0.2) is 0 Å². The number of rotatable bonds is 5. The maximum Gasteiger partial charge on any atom is 0.306 e. The summed E-state index contributed by atoms with van der Waals surface area (Å²) in [4.78, 5) is 11.1. The Balaban J connectivity index is 3.54. The Morgan fingerprint density at radius 1 is 1.33 bits per heavy atom. The molecule has 3 nitrogen and oxygen atoms in total. The van der Waals surface area contributed by atoms with Gasteiger partial charge in [-0.25, -0.2) is 0 Å². The lowest BCUT2D eigenvalue weighted by Gasteiger charge is -2.11. The van der Waals surface area contributed by atoms with Gasteiger partial charge in [0.1, 0.15) is 0 Å². The first-order valence-corrected chi connectivity index (χ1v) is 4.24. The summed E-state index contributed by atoms with van der Waals surface area (Å²) in [7, 11) is 1.63. The number of hydrogen-bond donors (Lipinski definition) is 0. The molecule has 0 aromatic rings. The SMILES string of the molecule is COCC(C)CC(=O)OC(C)C. The van der Waals surface area contributed by atoms with E-state index in [9.17, 15) is 4.79 Å². The zero-order valence-electron chi connectivity index (χ0n) is 8.29. The van der Waals surface area contributed by atoms with Crippen molar-refractivity contribution in [2.24, 2.45) is 5.92 Å². The number of methoxy groups -OCH3 is 1. The lowest BCUT2D eigenvalue weighted by atomic mass is 10.1. The number of hydrogen-bond acceptors (Lipinski definition) is 3. The van der Waals surface area contributed by atoms with Crippen LogP contribution in [0.25, 0.3) is 0 Å². The molecule has 0 aromatic heterocycles. The van der Waals surface area contributed by atoms with Crippen LogP contribution in [0, 0.1) is 5.92 Å². The van der Waals surface area contributed by atoms with Crippen molar-refractivity contribution in [2.45, 2.75) is 33.3 Å². The predicted octanol–water partition coefficient (Wildman–Crippen LogP) is 1.61. The Kier molecular flexibility index (Phi) is 5.72. The first-order valence-electron chi connectivity index (χ1n) is 4.24. The smallest absolute Gasteiger partial charge is 0.306 e. The number of carbonyl (C=O) groups is 1. The molecule has 0 N–H and O–H groups in total. The summed E-state index contributed by atoms with van der Waals surface area (Å²) in [6, 6.07) is 0. The molecule has 0 aliphatic rings. The summed E-state index contributed by atoms with van der Waals surface area (Å²) in [6.45, 7) is 6.26. The largest absolute Gasteiger partial charge is 0.463 e. The molecule has 0 aromatic carbocycles. The fraction of sp³-hybridized carbons (Fsp3) is 0.889. The number of esters is 1. The molecule has 0 aliphatic heterocycles. The van der Waals surface area contributed by atoms with Gasteiger partial charge < -0.3 is 9.47 Å². The maximum absolute atomic E-state index is 11.1. The molecule has 0 radical (unpaired) electrons. The molecular weight excluding hydrogens is 156 g/mol. The van der Waals surface area contributed by atoms with Crippen LogP contribution in [0.5, 0.6) is 0 Å². The third-order valence-corrected chi connectivity index (χ3v) is 1.33. The van der Waals surface area contributed by atoms with Crippen LogP contribution in [-0.4, -0.2) is 25.8 Å². The molecule has 3 heteroatoms. The van der Waals surface area contributed by atoms with Crippen molar-refractivity contribution < 1.29 is 14.3 Å². The lowest BCUT2D eigenvalue weighted by molar-refractivity contribution is -0.148. The fourth-order valence-electron chi connectivity index (χ4n) is 0.939. The molecule has 72 valence electrons. The van der Waals surface area contributed by atoms with Crippen molar-refractivity contribution >= 4 is 5.97 Å². The van der Waals surface area contributed by atoms with E-state index in [0.29, 0.717) is 13.0 Å². The highest BCUT2D eigenvalue weighted by Crippen LogP contribution is 2.04. The van der Waals surface area contributed by atoms with E-state index in [1.807, 2.05) is 20.8 Å². The van der Waals surface area contributed by atoms with Crippen molar-refractivity contribution in [1.29, 1.82) is 0 Å². The molecule has 0 bridgehead atoms. The molecule has 1 unspecified atom stereocenters. The van der Waals surface area contributed by atoms with E-state index in [0.717, 1.165) is 0 Å². The van der Waals surface area contributed by atoms with Gasteiger partial charge in [0.05, 0.1) is 12.5 Å². The maximum atomic E-state index is 11.1. The summed E-state index contributed by atoms with van der Waals surface area (Å²) >= 11 is 0. The van der Waals surface area contributed by atoms with E-state index in [2.05, 4.69) is 0 Å². The molecule has 1 atom stereocenters. The van der Waals surface area contributed by atoms with Crippen LogP contribution >= 0.6 is 0 Å². The van der Waals surface area contributed by atoms with Gasteiger partial charge in [-0.05, 0) is 19.8 Å². The highest BCUT2D eigenvalue weighted by atomic mass is 16.5. The molecule has 0 spiro atoms. The molecule has 12 heavy (non-hydrogen) atoms. The Labute approximate surface area is 74.0 Å². The lowest BCUT2D eigenvalue weighted by Crippen LogP contribution is -2.16. The van der Waals surface area contributed by atoms with Gasteiger partial charge in [-0.2, -0.15) is 0 Å². The van der Waals surface area contributed by atoms with Crippen molar-refractivity contribution in [1.82, 2.24) is 0 Å². The highest BCUT2D eigenvalue weighted by Gasteiger charge is 2.10. The van der Waals surface area contributed by atoms with Gasteiger partial charge in [0.2, 0.25) is 0 Å². The topological polar surface area (TPSA) is 35.5 Å². The van der Waals surface area contributed by atoms with Crippen molar-refractivity contribution in [3.05, 3.63) is 0 Å². The first-order chi connectivity index (χ1) is 5.56. The van der Waals surface area contributed by atoms with E-state index in [1.54, 1.807) is 7.11 Å². The molecule has 0 heterocycles. The van der Waals surface area contributed by atoms with Crippen LogP contribution in [0.4, 0.5) is 0 Å². The second kappa shape index (κ2) is 6.00. The zero-order valence-corrected chi connectivity index (χ0v) is 8.29. The van der Waals surface area contributed by atoms with Gasteiger partial charge in [-0.3, -0.25) is 4.79 Å². The average Bonchev–Trinajstić information content (AvgIpc) is 1.84. The summed E-state index contributed by atoms with van der Waals surface area (Å²) in [5.74, 6) is 0.0933. The molecule has 0 aliphatic carbocycles. The summed E-state index contributed by atoms with van der Waals surface area (Å²) in [5.41, 5.74) is 0. The Morgan fingerprint density at radius 2 is 1.92 bits per heavy atom. The summed E-state index contributed by atoms with van der Waals surface area (Å²) in [5, 5.41) is 0. The second-order valence-electron chi connectivity index (χ2n) is 3.30. The molecule has 0 saturated heterocycles. The minimum Gasteiger partial charge on any atom is -0.463 e. The Morgan fingerprint density at radius 3 is 2.33 bits per heavy atom. The summed E-state index contributed by atoms with van der Waals surface area (Å²) in [6.07, 6.45) is 0.415. The van der Waals surface area contributed by atoms with Crippen LogP contribution in [0.15, 0.2) is 0 Å². The minimum absolute atomic E-state index is 0.0211. The minimum atomic E-state index is -0.144. The van der Waals surface area contributed by atoms with E-state index in [-0.39, 0.29) is 18.0 Å². The molecule has 0 saturated carbocycles. The number of carbonyl (C=O) groups excluding carboxylic acids is 1. The van der Waals surface area contributed by atoms with E-state index < -0.39 is 0 Å². The van der Waals surface area contributed by atoms with Crippen molar-refractivity contribution in [3.8, 4) is 0 Å². The third kappa shape index (κ3) is 6.16. The van der Waals surface area contributed by atoms with Crippen LogP contribution in [-0.2, 0) is 14.3 Å². The normalized spacial score (nSPS) is 13.1. The Hall–Kier alpha value is -0.570. The average molecular weight is 174 g/mol. The zero-order chi connectivity index (χ0) is 9.56. The third-order valence-electron chi connectivity index (χ3n) is 1.33. The van der Waals surface area contributed by atoms with E-state index in [4.69, 9.17) is 9.47 Å². The monoisotopic (exact) mass is 174 g/mol. The molecule has 0 amide bonds. The van der Waals surface area contributed by atoms with Crippen LogP contribution in [0.3, 0.4) is 0 Å². The van der Waals surface area contributed by atoms with E-state index in [1.165, 1.54) is 0 Å². The van der Waals surface area contributed by atoms with Gasteiger partial charge in [-0.15, -0.1) is 0 Å². The molecule has 0 fully saturated rings. The van der Waals surface area contributed by atoms with Gasteiger partial charge >= 0.3 is 5.97 Å². The standard InChI is InChI=1S/C9H18O3/c1-7(2)12-9(10)5-8(3)6-11-4/h7-8H,5-6H2,1-4H3. The second-order valence-corrected chi connectivity index (χ2v) is 3.30. The Bertz CT molecular complexity index is 132.